The first kappa shape index (κ1) is 8.21. The number of rotatable bonds is 1. The predicted molar refractivity (Wildman–Crippen MR) is 44.0 cm³/mol. The van der Waals surface area contributed by atoms with Gasteiger partial charge in [-0.3, -0.25) is 0 Å². The molecule has 0 unspecified atom stereocenters. The summed E-state index contributed by atoms with van der Waals surface area (Å²) in [6.07, 6.45) is 0.971. The molecule has 1 aromatic carbocycles. The van der Waals surface area contributed by atoms with Crippen molar-refractivity contribution in [1.29, 1.82) is 5.41 Å². The Balaban J connectivity index is 3.31. The maximum absolute atomic E-state index is 12.8. The lowest BCUT2D eigenvalue weighted by Crippen LogP contribution is -1.89. The fourth-order valence-electron chi connectivity index (χ4n) is 0.790. The Hall–Kier alpha value is -0.890. The van der Waals surface area contributed by atoms with Gasteiger partial charge >= 0.3 is 0 Å². The van der Waals surface area contributed by atoms with Gasteiger partial charge < -0.3 is 5.41 Å². The Morgan fingerprint density at radius 3 is 2.73 bits per heavy atom. The number of hydrogen-bond donors (Lipinski definition) is 1. The van der Waals surface area contributed by atoms with E-state index < -0.39 is 5.82 Å². The van der Waals surface area contributed by atoms with Crippen LogP contribution in [0.5, 0.6) is 0 Å². The van der Waals surface area contributed by atoms with Gasteiger partial charge in [0.2, 0.25) is 0 Å². The van der Waals surface area contributed by atoms with Crippen molar-refractivity contribution >= 4 is 17.8 Å². The van der Waals surface area contributed by atoms with Crippen molar-refractivity contribution in [2.75, 3.05) is 0 Å². The summed E-state index contributed by atoms with van der Waals surface area (Å²) < 4.78 is 12.8. The summed E-state index contributed by atoms with van der Waals surface area (Å²) in [5, 5.41) is 7.24. The Bertz CT molecular complexity index is 296. The average Bonchev–Trinajstić information content (AvgIpc) is 1.97. The molecular weight excluding hydrogens is 165 g/mol. The molecule has 58 valence electrons. The van der Waals surface area contributed by atoms with Gasteiger partial charge in [0.15, 0.2) is 0 Å². The molecule has 0 aliphatic rings. The van der Waals surface area contributed by atoms with Crippen LogP contribution in [0, 0.1) is 18.2 Å². The molecule has 1 N–H and O–H groups in total. The first-order valence-electron chi connectivity index (χ1n) is 3.11. The second-order valence-electron chi connectivity index (χ2n) is 2.27. The van der Waals surface area contributed by atoms with Crippen LogP contribution in [0.15, 0.2) is 12.1 Å². The predicted octanol–water partition coefficient (Wildman–Crippen LogP) is 2.79. The van der Waals surface area contributed by atoms with Crippen LogP contribution < -0.4 is 0 Å². The molecule has 0 radical (unpaired) electrons. The van der Waals surface area contributed by atoms with Crippen LogP contribution in [-0.4, -0.2) is 6.21 Å². The molecule has 1 nitrogen and oxygen atoms in total. The van der Waals surface area contributed by atoms with Gasteiger partial charge in [-0.25, -0.2) is 4.39 Å². The third-order valence-corrected chi connectivity index (χ3v) is 1.84. The third-order valence-electron chi connectivity index (χ3n) is 1.43. The SMILES string of the molecule is Cc1cc(C=N)c(F)cc1Cl. The number of hydrogen-bond acceptors (Lipinski definition) is 1. The van der Waals surface area contributed by atoms with Crippen LogP contribution in [0.25, 0.3) is 0 Å². The molecule has 0 spiro atoms. The highest BCUT2D eigenvalue weighted by Gasteiger charge is 2.02. The van der Waals surface area contributed by atoms with E-state index in [4.69, 9.17) is 17.0 Å². The van der Waals surface area contributed by atoms with Crippen molar-refractivity contribution in [1.82, 2.24) is 0 Å². The molecule has 0 aliphatic carbocycles. The molecule has 0 bridgehead atoms. The van der Waals surface area contributed by atoms with Crippen molar-refractivity contribution < 1.29 is 4.39 Å². The van der Waals surface area contributed by atoms with E-state index in [1.807, 2.05) is 0 Å². The van der Waals surface area contributed by atoms with E-state index in [1.165, 1.54) is 6.07 Å². The van der Waals surface area contributed by atoms with E-state index in [9.17, 15) is 4.39 Å². The van der Waals surface area contributed by atoms with Gasteiger partial charge in [0.1, 0.15) is 5.82 Å². The standard InChI is InChI=1S/C8H7ClFN/c1-5-2-6(4-11)8(10)3-7(5)9/h2-4,11H,1H3. The molecule has 0 atom stereocenters. The van der Waals surface area contributed by atoms with Crippen LogP contribution in [0.1, 0.15) is 11.1 Å². The lowest BCUT2D eigenvalue weighted by Gasteiger charge is -1.99. The Labute approximate surface area is 69.3 Å². The minimum atomic E-state index is -0.449. The van der Waals surface area contributed by atoms with E-state index in [0.29, 0.717) is 5.02 Å². The smallest absolute Gasteiger partial charge is 0.133 e. The summed E-state index contributed by atoms with van der Waals surface area (Å²) in [6, 6.07) is 2.77. The number of nitrogens with one attached hydrogen (secondary N) is 1. The molecule has 0 saturated carbocycles. The van der Waals surface area contributed by atoms with Gasteiger partial charge in [0.25, 0.3) is 0 Å². The maximum Gasteiger partial charge on any atom is 0.133 e. The van der Waals surface area contributed by atoms with Crippen LogP contribution in [-0.2, 0) is 0 Å². The van der Waals surface area contributed by atoms with E-state index in [1.54, 1.807) is 13.0 Å². The summed E-state index contributed by atoms with van der Waals surface area (Å²) in [7, 11) is 0. The fourth-order valence-corrected chi connectivity index (χ4v) is 0.941. The van der Waals surface area contributed by atoms with Gasteiger partial charge in [-0.05, 0) is 24.6 Å². The molecular formula is C8H7ClFN. The second kappa shape index (κ2) is 3.01. The summed E-state index contributed by atoms with van der Waals surface area (Å²) in [5.41, 5.74) is 1.05. The van der Waals surface area contributed by atoms with Crippen molar-refractivity contribution in [2.24, 2.45) is 0 Å². The molecule has 0 heterocycles. The lowest BCUT2D eigenvalue weighted by molar-refractivity contribution is 0.625. The van der Waals surface area contributed by atoms with Gasteiger partial charge in [-0.1, -0.05) is 11.6 Å². The van der Waals surface area contributed by atoms with Crippen molar-refractivity contribution in [3.8, 4) is 0 Å². The Kier molecular flexibility index (Phi) is 2.25. The maximum atomic E-state index is 12.8. The van der Waals surface area contributed by atoms with Crippen LogP contribution in [0.2, 0.25) is 5.02 Å². The molecule has 0 saturated heterocycles. The van der Waals surface area contributed by atoms with Crippen LogP contribution in [0.4, 0.5) is 4.39 Å². The van der Waals surface area contributed by atoms with E-state index in [-0.39, 0.29) is 5.56 Å². The first-order chi connectivity index (χ1) is 5.15. The van der Waals surface area contributed by atoms with Crippen molar-refractivity contribution in [2.45, 2.75) is 6.92 Å². The summed E-state index contributed by atoms with van der Waals surface area (Å²) in [4.78, 5) is 0. The zero-order valence-corrected chi connectivity index (χ0v) is 6.74. The zero-order valence-electron chi connectivity index (χ0n) is 5.99. The molecule has 3 heteroatoms. The minimum Gasteiger partial charge on any atom is -0.308 e. The molecule has 0 fully saturated rings. The van der Waals surface area contributed by atoms with E-state index in [2.05, 4.69) is 0 Å². The minimum absolute atomic E-state index is 0.270. The lowest BCUT2D eigenvalue weighted by atomic mass is 10.1. The van der Waals surface area contributed by atoms with Crippen molar-refractivity contribution in [3.05, 3.63) is 34.1 Å². The highest BCUT2D eigenvalue weighted by atomic mass is 35.5. The summed E-state index contributed by atoms with van der Waals surface area (Å²) >= 11 is 5.63. The van der Waals surface area contributed by atoms with Gasteiger partial charge in [-0.2, -0.15) is 0 Å². The average molecular weight is 172 g/mol. The zero-order chi connectivity index (χ0) is 8.43. The van der Waals surface area contributed by atoms with E-state index in [0.717, 1.165) is 11.8 Å². The topological polar surface area (TPSA) is 23.9 Å². The number of benzene rings is 1. The molecule has 0 amide bonds. The van der Waals surface area contributed by atoms with Gasteiger partial charge in [0, 0.05) is 16.8 Å². The molecule has 1 aromatic rings. The highest BCUT2D eigenvalue weighted by Crippen LogP contribution is 2.18. The van der Waals surface area contributed by atoms with Gasteiger partial charge in [0.05, 0.1) is 0 Å². The quantitative estimate of drug-likeness (QED) is 0.629. The Morgan fingerprint density at radius 2 is 2.18 bits per heavy atom. The largest absolute Gasteiger partial charge is 0.308 e. The van der Waals surface area contributed by atoms with Gasteiger partial charge in [-0.15, -0.1) is 0 Å². The monoisotopic (exact) mass is 171 g/mol. The molecule has 0 aromatic heterocycles. The molecule has 11 heavy (non-hydrogen) atoms. The molecule has 0 aliphatic heterocycles. The molecule has 1 rings (SSSR count). The first-order valence-corrected chi connectivity index (χ1v) is 3.49. The number of halogens is 2. The normalized spacial score (nSPS) is 9.73. The fraction of sp³-hybridized carbons (Fsp3) is 0.125. The van der Waals surface area contributed by atoms with Crippen LogP contribution in [0.3, 0.4) is 0 Å². The second-order valence-corrected chi connectivity index (χ2v) is 2.67. The summed E-state index contributed by atoms with van der Waals surface area (Å²) in [6.45, 7) is 1.77. The Morgan fingerprint density at radius 1 is 1.55 bits per heavy atom. The summed E-state index contributed by atoms with van der Waals surface area (Å²) in [5.74, 6) is -0.449. The third kappa shape index (κ3) is 1.57. The number of aryl methyl sites for hydroxylation is 1. The highest BCUT2D eigenvalue weighted by molar-refractivity contribution is 6.31. The van der Waals surface area contributed by atoms with Crippen molar-refractivity contribution in [3.63, 3.8) is 0 Å². The van der Waals surface area contributed by atoms with E-state index >= 15 is 0 Å². The van der Waals surface area contributed by atoms with Crippen LogP contribution >= 0.6 is 11.6 Å².